The topological polar surface area (TPSA) is 102 Å². The Morgan fingerprint density at radius 3 is 2.43 bits per heavy atom. The van der Waals surface area contributed by atoms with Gasteiger partial charge in [-0.05, 0) is 13.8 Å². The molecule has 6 nitrogen and oxygen atoms in total. The minimum Gasteiger partial charge on any atom is -0.467 e. The van der Waals surface area contributed by atoms with Crippen LogP contribution < -0.4 is 11.1 Å². The summed E-state index contributed by atoms with van der Waals surface area (Å²) in [5, 5.41) is 11.4. The molecule has 0 spiro atoms. The van der Waals surface area contributed by atoms with Crippen molar-refractivity contribution in [1.82, 2.24) is 5.32 Å². The second-order valence-electron chi connectivity index (χ2n) is 3.47. The third-order valence-corrected chi connectivity index (χ3v) is 1.51. The van der Waals surface area contributed by atoms with Gasteiger partial charge in [0.25, 0.3) is 0 Å². The average molecular weight is 204 g/mol. The summed E-state index contributed by atoms with van der Waals surface area (Å²) in [4.78, 5) is 21.9. The van der Waals surface area contributed by atoms with E-state index in [9.17, 15) is 9.59 Å². The molecule has 0 aliphatic rings. The monoisotopic (exact) mass is 204 g/mol. The number of nitrogens with one attached hydrogen (secondary N) is 1. The molecule has 0 bridgehead atoms. The molecule has 0 aliphatic carbocycles. The Balaban J connectivity index is 3.96. The minimum atomic E-state index is -1.36. The molecule has 1 atom stereocenters. The van der Waals surface area contributed by atoms with Crippen molar-refractivity contribution in [2.24, 2.45) is 5.73 Å². The smallest absolute Gasteiger partial charge is 0.336 e. The van der Waals surface area contributed by atoms with Crippen molar-refractivity contribution in [2.45, 2.75) is 25.5 Å². The van der Waals surface area contributed by atoms with E-state index in [-0.39, 0.29) is 6.54 Å². The van der Waals surface area contributed by atoms with Gasteiger partial charge in [0.15, 0.2) is 6.10 Å². The molecule has 0 fully saturated rings. The zero-order valence-electron chi connectivity index (χ0n) is 8.53. The highest BCUT2D eigenvalue weighted by atomic mass is 16.5. The van der Waals surface area contributed by atoms with Crippen LogP contribution >= 0.6 is 0 Å². The van der Waals surface area contributed by atoms with E-state index < -0.39 is 23.5 Å². The maximum absolute atomic E-state index is 11.2. The van der Waals surface area contributed by atoms with Crippen LogP contribution in [-0.2, 0) is 14.3 Å². The van der Waals surface area contributed by atoms with Gasteiger partial charge in [-0.15, -0.1) is 0 Å². The Bertz CT molecular complexity index is 222. The summed E-state index contributed by atoms with van der Waals surface area (Å²) in [6, 6.07) is 0. The van der Waals surface area contributed by atoms with Gasteiger partial charge in [0.05, 0.1) is 19.2 Å². The van der Waals surface area contributed by atoms with Crippen molar-refractivity contribution in [3.05, 3.63) is 0 Å². The van der Waals surface area contributed by atoms with E-state index in [2.05, 4.69) is 10.1 Å². The van der Waals surface area contributed by atoms with E-state index in [0.717, 1.165) is 7.11 Å². The van der Waals surface area contributed by atoms with Gasteiger partial charge in [-0.2, -0.15) is 0 Å². The van der Waals surface area contributed by atoms with E-state index in [1.807, 2.05) is 0 Å². The maximum atomic E-state index is 11.2. The molecule has 1 unspecified atom stereocenters. The van der Waals surface area contributed by atoms with Crippen LogP contribution in [0.15, 0.2) is 0 Å². The number of carbonyl (C=O) groups is 2. The highest BCUT2D eigenvalue weighted by Gasteiger charge is 2.23. The van der Waals surface area contributed by atoms with Crippen LogP contribution in [0.2, 0.25) is 0 Å². The van der Waals surface area contributed by atoms with Crippen LogP contribution in [0.25, 0.3) is 0 Å². The van der Waals surface area contributed by atoms with Gasteiger partial charge in [0.1, 0.15) is 0 Å². The van der Waals surface area contributed by atoms with E-state index in [4.69, 9.17) is 10.8 Å². The fourth-order valence-electron chi connectivity index (χ4n) is 0.637. The number of aliphatic hydroxyl groups excluding tert-OH is 1. The van der Waals surface area contributed by atoms with Crippen molar-refractivity contribution >= 4 is 11.9 Å². The molecule has 0 heterocycles. The zero-order chi connectivity index (χ0) is 11.4. The summed E-state index contributed by atoms with van der Waals surface area (Å²) in [5.41, 5.74) is 4.43. The Morgan fingerprint density at radius 1 is 1.57 bits per heavy atom. The second-order valence-corrected chi connectivity index (χ2v) is 3.47. The van der Waals surface area contributed by atoms with Gasteiger partial charge in [0.2, 0.25) is 5.91 Å². The molecular weight excluding hydrogens is 188 g/mol. The first-order chi connectivity index (χ1) is 6.29. The number of methoxy groups -OCH3 is 1. The standard InChI is InChI=1S/C8H16N2O4/c1-8(2,9)7(13)10-4-5(11)6(12)14-3/h5,11H,4,9H2,1-3H3,(H,10,13). The first kappa shape index (κ1) is 12.9. The predicted molar refractivity (Wildman–Crippen MR) is 49.3 cm³/mol. The lowest BCUT2D eigenvalue weighted by Gasteiger charge is -2.18. The van der Waals surface area contributed by atoms with E-state index in [0.29, 0.717) is 0 Å². The van der Waals surface area contributed by atoms with Crippen LogP contribution in [0.5, 0.6) is 0 Å². The van der Waals surface area contributed by atoms with Gasteiger partial charge in [-0.1, -0.05) is 0 Å². The lowest BCUT2D eigenvalue weighted by molar-refractivity contribution is -0.150. The normalized spacial score (nSPS) is 13.2. The SMILES string of the molecule is COC(=O)C(O)CNC(=O)C(C)(C)N. The summed E-state index contributed by atoms with van der Waals surface area (Å²) >= 11 is 0. The minimum absolute atomic E-state index is 0.202. The fraction of sp³-hybridized carbons (Fsp3) is 0.750. The Hall–Kier alpha value is -1.14. The van der Waals surface area contributed by atoms with Crippen molar-refractivity contribution in [2.75, 3.05) is 13.7 Å². The van der Waals surface area contributed by atoms with Gasteiger partial charge < -0.3 is 20.9 Å². The summed E-state index contributed by atoms with van der Waals surface area (Å²) in [7, 11) is 1.15. The van der Waals surface area contributed by atoms with Gasteiger partial charge in [-0.3, -0.25) is 4.79 Å². The number of ether oxygens (including phenoxy) is 1. The van der Waals surface area contributed by atoms with Crippen LogP contribution in [-0.4, -0.2) is 42.3 Å². The van der Waals surface area contributed by atoms with Crippen molar-refractivity contribution in [3.8, 4) is 0 Å². The number of carbonyl (C=O) groups excluding carboxylic acids is 2. The van der Waals surface area contributed by atoms with E-state index in [1.54, 1.807) is 0 Å². The quantitative estimate of drug-likeness (QED) is 0.477. The first-order valence-corrected chi connectivity index (χ1v) is 4.12. The van der Waals surface area contributed by atoms with Crippen LogP contribution in [0, 0.1) is 0 Å². The molecule has 0 aromatic heterocycles. The Kier molecular flexibility index (Phi) is 4.52. The number of aliphatic hydroxyl groups is 1. The number of rotatable bonds is 4. The largest absolute Gasteiger partial charge is 0.467 e. The molecule has 14 heavy (non-hydrogen) atoms. The average Bonchev–Trinajstić information content (AvgIpc) is 2.10. The maximum Gasteiger partial charge on any atom is 0.336 e. The van der Waals surface area contributed by atoms with E-state index in [1.165, 1.54) is 13.8 Å². The van der Waals surface area contributed by atoms with Gasteiger partial charge >= 0.3 is 5.97 Å². The third kappa shape index (κ3) is 4.20. The van der Waals surface area contributed by atoms with Crippen LogP contribution in [0.1, 0.15) is 13.8 Å². The molecular formula is C8H16N2O4. The second kappa shape index (κ2) is 4.92. The van der Waals surface area contributed by atoms with Crippen LogP contribution in [0.4, 0.5) is 0 Å². The summed E-state index contributed by atoms with van der Waals surface area (Å²) in [6.45, 7) is 2.84. The number of esters is 1. The highest BCUT2D eigenvalue weighted by molar-refractivity contribution is 5.85. The molecule has 0 saturated heterocycles. The molecule has 0 saturated carbocycles. The number of hydrogen-bond acceptors (Lipinski definition) is 5. The molecule has 0 aliphatic heterocycles. The lowest BCUT2D eigenvalue weighted by atomic mass is 10.1. The molecule has 4 N–H and O–H groups in total. The number of amides is 1. The molecule has 0 aromatic carbocycles. The molecule has 82 valence electrons. The third-order valence-electron chi connectivity index (χ3n) is 1.51. The fourth-order valence-corrected chi connectivity index (χ4v) is 0.637. The molecule has 0 radical (unpaired) electrons. The molecule has 6 heteroatoms. The van der Waals surface area contributed by atoms with Gasteiger partial charge in [-0.25, -0.2) is 4.79 Å². The lowest BCUT2D eigenvalue weighted by Crippen LogP contribution is -2.51. The van der Waals surface area contributed by atoms with Gasteiger partial charge in [0, 0.05) is 0 Å². The Morgan fingerprint density at radius 2 is 2.07 bits per heavy atom. The predicted octanol–water partition coefficient (Wildman–Crippen LogP) is -1.63. The van der Waals surface area contributed by atoms with Crippen molar-refractivity contribution < 1.29 is 19.4 Å². The van der Waals surface area contributed by atoms with E-state index >= 15 is 0 Å². The first-order valence-electron chi connectivity index (χ1n) is 4.12. The van der Waals surface area contributed by atoms with Crippen molar-refractivity contribution in [3.63, 3.8) is 0 Å². The highest BCUT2D eigenvalue weighted by Crippen LogP contribution is 1.95. The summed E-state index contributed by atoms with van der Waals surface area (Å²) in [5.74, 6) is -1.24. The summed E-state index contributed by atoms with van der Waals surface area (Å²) in [6.07, 6.45) is -1.36. The molecule has 1 amide bonds. The molecule has 0 aromatic rings. The number of nitrogens with two attached hydrogens (primary N) is 1. The Labute approximate surface area is 82.4 Å². The number of hydrogen-bond donors (Lipinski definition) is 3. The van der Waals surface area contributed by atoms with Crippen molar-refractivity contribution in [1.29, 1.82) is 0 Å². The molecule has 0 rings (SSSR count). The van der Waals surface area contributed by atoms with Crippen LogP contribution in [0.3, 0.4) is 0 Å². The zero-order valence-corrected chi connectivity index (χ0v) is 8.53. The summed E-state index contributed by atoms with van der Waals surface area (Å²) < 4.78 is 4.26.